The molecular weight excluding hydrogens is 438 g/mol. The summed E-state index contributed by atoms with van der Waals surface area (Å²) < 4.78 is 0. The van der Waals surface area contributed by atoms with Gasteiger partial charge in [0.2, 0.25) is 0 Å². The fraction of sp³-hybridized carbons (Fsp3) is 0.767. The Morgan fingerprint density at radius 3 is 1.85 bits per heavy atom. The van der Waals surface area contributed by atoms with Crippen molar-refractivity contribution in [2.45, 2.75) is 122 Å². The molecule has 196 valence electrons. The average molecular weight is 493 g/mol. The van der Waals surface area contributed by atoms with Crippen molar-refractivity contribution in [3.05, 3.63) is 35.9 Å². The van der Waals surface area contributed by atoms with E-state index in [0.717, 1.165) is 31.6 Å². The van der Waals surface area contributed by atoms with E-state index in [2.05, 4.69) is 48.8 Å². The minimum Gasteiger partial charge on any atom is -0.480 e. The Kier molecular flexibility index (Phi) is 20.5. The molecule has 0 radical (unpaired) electrons. The SMILES string of the molecule is CCCCCCCCCCCCCCCCN[C@H](CC[S+](C)CCCc1ccccc1)C(=O)O. The van der Waals surface area contributed by atoms with Crippen molar-refractivity contribution in [2.24, 2.45) is 0 Å². The highest BCUT2D eigenvalue weighted by Crippen LogP contribution is 2.13. The second-order valence-electron chi connectivity index (χ2n) is 10.0. The van der Waals surface area contributed by atoms with Crippen LogP contribution in [0.15, 0.2) is 30.3 Å². The number of rotatable bonds is 24. The Bertz CT molecular complexity index is 580. The second kappa shape index (κ2) is 22.5. The molecule has 34 heavy (non-hydrogen) atoms. The van der Waals surface area contributed by atoms with E-state index in [9.17, 15) is 9.90 Å². The maximum Gasteiger partial charge on any atom is 0.320 e. The Balaban J connectivity index is 1.94. The number of hydrogen-bond donors (Lipinski definition) is 2. The van der Waals surface area contributed by atoms with Crippen molar-refractivity contribution in [1.29, 1.82) is 0 Å². The molecule has 1 unspecified atom stereocenters. The van der Waals surface area contributed by atoms with Gasteiger partial charge >= 0.3 is 5.97 Å². The summed E-state index contributed by atoms with van der Waals surface area (Å²) in [7, 11) is 0.297. The molecule has 0 aliphatic rings. The molecule has 0 aliphatic carbocycles. The second-order valence-corrected chi connectivity index (χ2v) is 12.4. The quantitative estimate of drug-likeness (QED) is 0.114. The lowest BCUT2D eigenvalue weighted by Crippen LogP contribution is -2.38. The normalized spacial score (nSPS) is 13.1. The van der Waals surface area contributed by atoms with Crippen LogP contribution in [0.1, 0.15) is 115 Å². The molecule has 3 nitrogen and oxygen atoms in total. The number of carboxylic acids is 1. The van der Waals surface area contributed by atoms with Crippen LogP contribution < -0.4 is 5.32 Å². The van der Waals surface area contributed by atoms with Gasteiger partial charge in [0.25, 0.3) is 0 Å². The van der Waals surface area contributed by atoms with Crippen LogP contribution in [0.3, 0.4) is 0 Å². The van der Waals surface area contributed by atoms with Crippen LogP contribution in [0.2, 0.25) is 0 Å². The molecule has 0 heterocycles. The van der Waals surface area contributed by atoms with Crippen LogP contribution in [-0.4, -0.2) is 41.4 Å². The molecule has 1 rings (SSSR count). The maximum atomic E-state index is 11.6. The molecule has 0 aliphatic heterocycles. The van der Waals surface area contributed by atoms with E-state index in [0.29, 0.717) is 10.9 Å². The van der Waals surface area contributed by atoms with Crippen molar-refractivity contribution in [2.75, 3.05) is 24.3 Å². The van der Waals surface area contributed by atoms with Gasteiger partial charge in [-0.2, -0.15) is 0 Å². The van der Waals surface area contributed by atoms with Crippen molar-refractivity contribution in [3.63, 3.8) is 0 Å². The minimum atomic E-state index is -0.688. The first kappa shape index (κ1) is 31.0. The van der Waals surface area contributed by atoms with Crippen molar-refractivity contribution in [1.82, 2.24) is 5.32 Å². The Morgan fingerprint density at radius 2 is 1.32 bits per heavy atom. The van der Waals surface area contributed by atoms with Crippen LogP contribution in [0.5, 0.6) is 0 Å². The molecule has 0 saturated carbocycles. The fourth-order valence-electron chi connectivity index (χ4n) is 4.50. The molecule has 0 bridgehead atoms. The predicted octanol–water partition coefficient (Wildman–Crippen LogP) is 7.78. The standard InChI is InChI=1S/C30H53NO2S/c1-3-4-5-6-7-8-9-10-11-12-13-14-15-19-25-31-29(30(32)33)24-27-34(2)26-20-23-28-21-17-16-18-22-28/h16-18,21-22,29,31H,3-15,19-20,23-27H2,1-2H3/p+1/t29-,34?/m1/s1. The van der Waals surface area contributed by atoms with Crippen molar-refractivity contribution >= 4 is 16.9 Å². The van der Waals surface area contributed by atoms with Gasteiger partial charge in [-0.05, 0) is 42.3 Å². The number of benzene rings is 1. The van der Waals surface area contributed by atoms with Gasteiger partial charge < -0.3 is 10.4 Å². The van der Waals surface area contributed by atoms with Crippen molar-refractivity contribution in [3.8, 4) is 0 Å². The molecule has 0 amide bonds. The van der Waals surface area contributed by atoms with Gasteiger partial charge in [-0.1, -0.05) is 121 Å². The molecule has 0 aromatic heterocycles. The van der Waals surface area contributed by atoms with Crippen LogP contribution in [-0.2, 0) is 22.1 Å². The third-order valence-electron chi connectivity index (χ3n) is 6.78. The largest absolute Gasteiger partial charge is 0.480 e. The first-order valence-electron chi connectivity index (χ1n) is 14.2. The lowest BCUT2D eigenvalue weighted by molar-refractivity contribution is -0.139. The number of carboxylic acid groups (broad SMARTS) is 1. The fourth-order valence-corrected chi connectivity index (χ4v) is 5.98. The van der Waals surface area contributed by atoms with Crippen LogP contribution in [0.4, 0.5) is 0 Å². The number of aliphatic carboxylic acids is 1. The van der Waals surface area contributed by atoms with Gasteiger partial charge in [-0.25, -0.2) is 0 Å². The monoisotopic (exact) mass is 492 g/mol. The minimum absolute atomic E-state index is 0.297. The maximum absolute atomic E-state index is 11.6. The Morgan fingerprint density at radius 1 is 0.794 bits per heavy atom. The summed E-state index contributed by atoms with van der Waals surface area (Å²) in [5, 5.41) is 12.9. The summed E-state index contributed by atoms with van der Waals surface area (Å²) in [6, 6.07) is 10.3. The zero-order valence-corrected chi connectivity index (χ0v) is 23.2. The van der Waals surface area contributed by atoms with E-state index in [1.54, 1.807) is 0 Å². The summed E-state index contributed by atoms with van der Waals surface area (Å²) in [5.41, 5.74) is 1.40. The number of carbonyl (C=O) groups is 1. The molecule has 0 spiro atoms. The summed E-state index contributed by atoms with van der Waals surface area (Å²) >= 11 is 0. The summed E-state index contributed by atoms with van der Waals surface area (Å²) in [6.07, 6.45) is 24.3. The first-order valence-corrected chi connectivity index (χ1v) is 16.2. The summed E-state index contributed by atoms with van der Waals surface area (Å²) in [5.74, 6) is 1.52. The van der Waals surface area contributed by atoms with Crippen molar-refractivity contribution < 1.29 is 9.90 Å². The smallest absolute Gasteiger partial charge is 0.320 e. The molecule has 0 saturated heterocycles. The van der Waals surface area contributed by atoms with Gasteiger partial charge in [0, 0.05) is 6.42 Å². The third-order valence-corrected chi connectivity index (χ3v) is 8.69. The molecule has 2 atom stereocenters. The van der Waals surface area contributed by atoms with Gasteiger partial charge in [0.05, 0.1) is 6.26 Å². The van der Waals surface area contributed by atoms with Gasteiger partial charge in [-0.15, -0.1) is 0 Å². The lowest BCUT2D eigenvalue weighted by atomic mass is 10.0. The third kappa shape index (κ3) is 18.3. The van der Waals surface area contributed by atoms with E-state index in [1.807, 2.05) is 0 Å². The zero-order chi connectivity index (χ0) is 24.7. The van der Waals surface area contributed by atoms with Gasteiger partial charge in [0.1, 0.15) is 17.5 Å². The molecule has 4 heteroatoms. The zero-order valence-electron chi connectivity index (χ0n) is 22.4. The highest BCUT2D eigenvalue weighted by atomic mass is 32.2. The highest BCUT2D eigenvalue weighted by molar-refractivity contribution is 7.96. The van der Waals surface area contributed by atoms with E-state index in [1.165, 1.54) is 101 Å². The van der Waals surface area contributed by atoms with Crippen LogP contribution in [0.25, 0.3) is 0 Å². The molecule has 1 aromatic carbocycles. The van der Waals surface area contributed by atoms with Gasteiger partial charge in [-0.3, -0.25) is 4.79 Å². The topological polar surface area (TPSA) is 49.3 Å². The highest BCUT2D eigenvalue weighted by Gasteiger charge is 2.21. The van der Waals surface area contributed by atoms with Gasteiger partial charge in [0.15, 0.2) is 0 Å². The predicted molar refractivity (Wildman–Crippen MR) is 152 cm³/mol. The summed E-state index contributed by atoms with van der Waals surface area (Å²) in [4.78, 5) is 11.6. The average Bonchev–Trinajstić information content (AvgIpc) is 2.83. The molecule has 1 aromatic rings. The van der Waals surface area contributed by atoms with E-state index in [-0.39, 0.29) is 6.04 Å². The van der Waals surface area contributed by atoms with Crippen LogP contribution >= 0.6 is 0 Å². The number of unbranched alkanes of at least 4 members (excludes halogenated alkanes) is 13. The van der Waals surface area contributed by atoms with E-state index < -0.39 is 5.97 Å². The molecular formula is C30H54NO2S+. The summed E-state index contributed by atoms with van der Waals surface area (Å²) in [6.45, 7) is 3.11. The molecule has 2 N–H and O–H groups in total. The van der Waals surface area contributed by atoms with E-state index >= 15 is 0 Å². The number of nitrogens with one attached hydrogen (secondary N) is 1. The number of aryl methyl sites for hydroxylation is 1. The van der Waals surface area contributed by atoms with E-state index in [4.69, 9.17) is 0 Å². The lowest BCUT2D eigenvalue weighted by Gasteiger charge is -2.14. The Labute approximate surface area is 214 Å². The van der Waals surface area contributed by atoms with Crippen LogP contribution in [0, 0.1) is 0 Å². The molecule has 0 fully saturated rings. The number of hydrogen-bond acceptors (Lipinski definition) is 2. The Hall–Kier alpha value is -1.00. The first-order chi connectivity index (χ1) is 16.6.